The maximum Gasteiger partial charge on any atom is 0.0746 e. The number of pyridine rings is 1. The Kier molecular flexibility index (Phi) is 5.17. The van der Waals surface area contributed by atoms with Crippen molar-refractivity contribution >= 4 is 22.5 Å². The molecule has 0 spiro atoms. The molecule has 0 atom stereocenters. The number of fused-ring (bicyclic) bond motifs is 1. The van der Waals surface area contributed by atoms with Gasteiger partial charge in [0.05, 0.1) is 5.52 Å². The zero-order valence-corrected chi connectivity index (χ0v) is 12.4. The molecule has 2 rings (SSSR count). The summed E-state index contributed by atoms with van der Waals surface area (Å²) in [5.74, 6) is 0.719. The Hall–Kier alpha value is -1.12. The van der Waals surface area contributed by atoms with Gasteiger partial charge in [0.25, 0.3) is 0 Å². The molecule has 0 saturated carbocycles. The number of halogens is 1. The highest BCUT2D eigenvalue weighted by molar-refractivity contribution is 6.17. The van der Waals surface area contributed by atoms with E-state index in [1.54, 1.807) is 0 Å². The smallest absolute Gasteiger partial charge is 0.0746 e. The van der Waals surface area contributed by atoms with E-state index in [2.05, 4.69) is 48.0 Å². The molecule has 0 amide bonds. The van der Waals surface area contributed by atoms with Gasteiger partial charge < -0.3 is 0 Å². The van der Waals surface area contributed by atoms with E-state index in [0.717, 1.165) is 30.9 Å². The predicted molar refractivity (Wildman–Crippen MR) is 82.6 cm³/mol. The minimum absolute atomic E-state index is 0.516. The molecular weight excluding hydrogens is 256 g/mol. The molecule has 1 aromatic carbocycles. The lowest BCUT2D eigenvalue weighted by Crippen LogP contribution is -2.31. The van der Waals surface area contributed by atoms with Crippen LogP contribution in [0.25, 0.3) is 10.9 Å². The number of hydrogen-bond donors (Lipinski definition) is 0. The summed E-state index contributed by atoms with van der Waals surface area (Å²) in [4.78, 5) is 6.97. The molecule has 2 nitrogen and oxygen atoms in total. The number of nitrogens with zero attached hydrogens (tertiary/aromatic N) is 2. The Morgan fingerprint density at radius 2 is 2.00 bits per heavy atom. The van der Waals surface area contributed by atoms with Crippen molar-refractivity contribution in [1.29, 1.82) is 0 Å². The van der Waals surface area contributed by atoms with Crippen molar-refractivity contribution in [2.24, 2.45) is 0 Å². The van der Waals surface area contributed by atoms with Crippen LogP contribution in [0.3, 0.4) is 0 Å². The van der Waals surface area contributed by atoms with E-state index in [9.17, 15) is 0 Å². The largest absolute Gasteiger partial charge is 0.297 e. The second-order valence-corrected chi connectivity index (χ2v) is 5.48. The molecule has 1 aromatic heterocycles. The summed E-state index contributed by atoms with van der Waals surface area (Å²) in [5.41, 5.74) is 2.41. The fourth-order valence-corrected chi connectivity index (χ4v) is 2.42. The van der Waals surface area contributed by atoms with Crippen LogP contribution in [0.5, 0.6) is 0 Å². The van der Waals surface area contributed by atoms with Gasteiger partial charge in [-0.15, -0.1) is 11.6 Å². The highest BCUT2D eigenvalue weighted by atomic mass is 35.5. The normalized spacial score (nSPS) is 11.6. The van der Waals surface area contributed by atoms with Gasteiger partial charge in [0.1, 0.15) is 0 Å². The number of benzene rings is 1. The third-order valence-corrected chi connectivity index (χ3v) is 3.67. The van der Waals surface area contributed by atoms with E-state index in [1.165, 1.54) is 10.9 Å². The van der Waals surface area contributed by atoms with Crippen LogP contribution in [-0.2, 0) is 6.54 Å². The van der Waals surface area contributed by atoms with Gasteiger partial charge in [0.2, 0.25) is 0 Å². The van der Waals surface area contributed by atoms with E-state index < -0.39 is 0 Å². The Morgan fingerprint density at radius 1 is 1.21 bits per heavy atom. The fraction of sp³-hybridized carbons (Fsp3) is 0.438. The molecule has 102 valence electrons. The summed E-state index contributed by atoms with van der Waals surface area (Å²) in [7, 11) is 0. The van der Waals surface area contributed by atoms with E-state index >= 15 is 0 Å². The lowest BCUT2D eigenvalue weighted by atomic mass is 10.1. The minimum Gasteiger partial charge on any atom is -0.297 e. The molecule has 3 heteroatoms. The number of hydrogen-bond acceptors (Lipinski definition) is 2. The van der Waals surface area contributed by atoms with Crippen molar-refractivity contribution in [2.45, 2.75) is 32.9 Å². The highest BCUT2D eigenvalue weighted by Gasteiger charge is 2.11. The first-order chi connectivity index (χ1) is 9.22. The van der Waals surface area contributed by atoms with Crippen molar-refractivity contribution < 1.29 is 0 Å². The molecule has 0 bridgehead atoms. The Bertz CT molecular complexity index is 520. The van der Waals surface area contributed by atoms with Crippen LogP contribution in [0.2, 0.25) is 0 Å². The van der Waals surface area contributed by atoms with Crippen LogP contribution >= 0.6 is 11.6 Å². The van der Waals surface area contributed by atoms with Gasteiger partial charge in [-0.3, -0.25) is 9.88 Å². The van der Waals surface area contributed by atoms with E-state index in [1.807, 2.05) is 12.3 Å². The van der Waals surface area contributed by atoms with E-state index in [4.69, 9.17) is 11.6 Å². The molecule has 1 heterocycles. The molecule has 0 N–H and O–H groups in total. The number of alkyl halides is 1. The monoisotopic (exact) mass is 276 g/mol. The molecule has 0 aliphatic carbocycles. The van der Waals surface area contributed by atoms with Crippen molar-refractivity contribution in [1.82, 2.24) is 9.88 Å². The Balaban J connectivity index is 2.23. The molecule has 0 fully saturated rings. The maximum absolute atomic E-state index is 5.81. The number of para-hydroxylation sites is 1. The van der Waals surface area contributed by atoms with Crippen LogP contribution in [0.1, 0.15) is 25.8 Å². The third kappa shape index (κ3) is 3.68. The number of aromatic nitrogens is 1. The highest BCUT2D eigenvalue weighted by Crippen LogP contribution is 2.18. The van der Waals surface area contributed by atoms with Gasteiger partial charge in [-0.1, -0.05) is 24.3 Å². The second kappa shape index (κ2) is 6.88. The quantitative estimate of drug-likeness (QED) is 0.739. The molecular formula is C16H21ClN2. The van der Waals surface area contributed by atoms with Crippen LogP contribution in [0.4, 0.5) is 0 Å². The first-order valence-corrected chi connectivity index (χ1v) is 7.38. The maximum atomic E-state index is 5.81. The van der Waals surface area contributed by atoms with Crippen LogP contribution in [0, 0.1) is 0 Å². The lowest BCUT2D eigenvalue weighted by Gasteiger charge is -2.26. The van der Waals surface area contributed by atoms with Crippen molar-refractivity contribution in [2.75, 3.05) is 12.4 Å². The summed E-state index contributed by atoms with van der Waals surface area (Å²) in [5, 5.41) is 1.21. The van der Waals surface area contributed by atoms with Gasteiger partial charge in [-0.05, 0) is 38.4 Å². The van der Waals surface area contributed by atoms with Crippen LogP contribution < -0.4 is 0 Å². The average Bonchev–Trinajstić information content (AvgIpc) is 2.43. The zero-order chi connectivity index (χ0) is 13.7. The second-order valence-electron chi connectivity index (χ2n) is 5.10. The summed E-state index contributed by atoms with van der Waals surface area (Å²) in [6.07, 6.45) is 2.89. The van der Waals surface area contributed by atoms with Gasteiger partial charge in [-0.2, -0.15) is 0 Å². The molecule has 2 aromatic rings. The van der Waals surface area contributed by atoms with Crippen molar-refractivity contribution in [3.05, 3.63) is 42.1 Å². The topological polar surface area (TPSA) is 16.1 Å². The zero-order valence-electron chi connectivity index (χ0n) is 11.6. The first-order valence-electron chi connectivity index (χ1n) is 6.85. The van der Waals surface area contributed by atoms with E-state index in [-0.39, 0.29) is 0 Å². The van der Waals surface area contributed by atoms with Crippen LogP contribution in [0.15, 0.2) is 36.5 Å². The average molecular weight is 277 g/mol. The van der Waals surface area contributed by atoms with Crippen molar-refractivity contribution in [3.8, 4) is 0 Å². The molecule has 0 radical (unpaired) electrons. The molecule has 0 aliphatic heterocycles. The van der Waals surface area contributed by atoms with Gasteiger partial charge in [0.15, 0.2) is 0 Å². The third-order valence-electron chi connectivity index (χ3n) is 3.40. The Morgan fingerprint density at radius 3 is 2.74 bits per heavy atom. The molecule has 0 unspecified atom stereocenters. The standard InChI is InChI=1S/C16H21ClN2/c1-13(2)19(11-5-9-17)12-15-7-3-6-14-8-4-10-18-16(14)15/h3-4,6-8,10,13H,5,9,11-12H2,1-2H3. The summed E-state index contributed by atoms with van der Waals surface area (Å²) < 4.78 is 0. The fourth-order valence-electron chi connectivity index (χ4n) is 2.30. The molecule has 0 saturated heterocycles. The predicted octanol–water partition coefficient (Wildman–Crippen LogP) is 4.07. The summed E-state index contributed by atoms with van der Waals surface area (Å²) in [6, 6.07) is 11.0. The summed E-state index contributed by atoms with van der Waals surface area (Å²) in [6.45, 7) is 6.42. The van der Waals surface area contributed by atoms with Crippen LogP contribution in [-0.4, -0.2) is 28.4 Å². The SMILES string of the molecule is CC(C)N(CCCCl)Cc1cccc2cccnc12. The minimum atomic E-state index is 0.516. The lowest BCUT2D eigenvalue weighted by molar-refractivity contribution is 0.214. The number of rotatable bonds is 6. The van der Waals surface area contributed by atoms with Crippen molar-refractivity contribution in [3.63, 3.8) is 0 Å². The first kappa shape index (κ1) is 14.3. The molecule has 19 heavy (non-hydrogen) atoms. The van der Waals surface area contributed by atoms with E-state index in [0.29, 0.717) is 6.04 Å². The Labute approximate surface area is 120 Å². The van der Waals surface area contributed by atoms with Gasteiger partial charge in [-0.25, -0.2) is 0 Å². The molecule has 0 aliphatic rings. The van der Waals surface area contributed by atoms with Gasteiger partial charge >= 0.3 is 0 Å². The van der Waals surface area contributed by atoms with Gasteiger partial charge in [0, 0.05) is 30.0 Å². The summed E-state index contributed by atoms with van der Waals surface area (Å²) >= 11 is 5.81.